The molecule has 2 aromatic rings. The quantitative estimate of drug-likeness (QED) is 0.508. The highest BCUT2D eigenvalue weighted by Crippen LogP contribution is 2.35. The lowest BCUT2D eigenvalue weighted by Gasteiger charge is -2.35. The first-order valence-electron chi connectivity index (χ1n) is 10.4. The molecule has 0 bridgehead atoms. The van der Waals surface area contributed by atoms with E-state index >= 15 is 0 Å². The molecular formula is C22H25F3N2O6S. The van der Waals surface area contributed by atoms with E-state index in [1.54, 1.807) is 0 Å². The number of carbonyl (C=O) groups excluding carboxylic acids is 1. The number of alkyl halides is 3. The van der Waals surface area contributed by atoms with Gasteiger partial charge in [-0.05, 0) is 74.5 Å². The summed E-state index contributed by atoms with van der Waals surface area (Å²) < 4.78 is 76.6. The number of halogens is 3. The Bertz CT molecular complexity index is 1070. The van der Waals surface area contributed by atoms with Crippen LogP contribution in [0.5, 0.6) is 17.2 Å². The summed E-state index contributed by atoms with van der Waals surface area (Å²) >= 11 is 0. The first-order valence-corrected chi connectivity index (χ1v) is 11.9. The van der Waals surface area contributed by atoms with Gasteiger partial charge in [0.25, 0.3) is 0 Å². The molecule has 2 aromatic carbocycles. The van der Waals surface area contributed by atoms with Crippen LogP contribution in [0.25, 0.3) is 0 Å². The molecule has 0 radical (unpaired) electrons. The van der Waals surface area contributed by atoms with Crippen LogP contribution in [0.2, 0.25) is 0 Å². The average molecular weight is 503 g/mol. The van der Waals surface area contributed by atoms with E-state index in [0.29, 0.717) is 13.1 Å². The van der Waals surface area contributed by atoms with Gasteiger partial charge in [0, 0.05) is 13.7 Å². The Kier molecular flexibility index (Phi) is 8.05. The van der Waals surface area contributed by atoms with E-state index in [1.807, 2.05) is 0 Å². The molecule has 1 aliphatic heterocycles. The Hall–Kier alpha value is -2.83. The summed E-state index contributed by atoms with van der Waals surface area (Å²) in [6.45, 7) is 1.22. The van der Waals surface area contributed by atoms with Gasteiger partial charge in [0.15, 0.2) is 14.6 Å². The zero-order valence-electron chi connectivity index (χ0n) is 18.4. The Morgan fingerprint density at radius 2 is 1.53 bits per heavy atom. The molecule has 8 nitrogen and oxygen atoms in total. The summed E-state index contributed by atoms with van der Waals surface area (Å²) in [5, 5.41) is 5.73. The number of carbonyl (C=O) groups is 1. The molecule has 1 amide bonds. The molecule has 34 heavy (non-hydrogen) atoms. The van der Waals surface area contributed by atoms with Crippen molar-refractivity contribution in [1.29, 1.82) is 0 Å². The van der Waals surface area contributed by atoms with E-state index in [9.17, 15) is 26.4 Å². The standard InChI is InChI=1S/C22H25F3N2O6S/c1-31-15-14-27-20(28)21(10-12-26-13-11-21)34(29,30)19-8-6-17(7-9-19)32-16-2-4-18(5-3-16)33-22(23,24)25/h2-9,26H,10-15H2,1H3,(H,27,28). The van der Waals surface area contributed by atoms with Crippen LogP contribution in [0.4, 0.5) is 13.2 Å². The summed E-state index contributed by atoms with van der Waals surface area (Å²) in [6, 6.07) is 10.3. The highest BCUT2D eigenvalue weighted by molar-refractivity contribution is 7.93. The number of rotatable bonds is 9. The Balaban J connectivity index is 1.76. The molecule has 1 heterocycles. The van der Waals surface area contributed by atoms with E-state index in [1.165, 1.54) is 43.5 Å². The van der Waals surface area contributed by atoms with Gasteiger partial charge < -0.3 is 24.8 Å². The molecule has 3 rings (SSSR count). The lowest BCUT2D eigenvalue weighted by molar-refractivity contribution is -0.274. The van der Waals surface area contributed by atoms with Gasteiger partial charge in [-0.3, -0.25) is 4.79 Å². The maximum Gasteiger partial charge on any atom is 0.573 e. The summed E-state index contributed by atoms with van der Waals surface area (Å²) in [5.41, 5.74) is 0. The number of piperidine rings is 1. The third-order valence-electron chi connectivity index (χ3n) is 5.36. The fourth-order valence-electron chi connectivity index (χ4n) is 3.63. The first kappa shape index (κ1) is 25.8. The number of hydrogen-bond acceptors (Lipinski definition) is 7. The SMILES string of the molecule is COCCNC(=O)C1(S(=O)(=O)c2ccc(Oc3ccc(OC(F)(F)F)cc3)cc2)CCNCC1. The molecule has 186 valence electrons. The highest BCUT2D eigenvalue weighted by Gasteiger charge is 2.51. The predicted molar refractivity (Wildman–Crippen MR) is 117 cm³/mol. The maximum absolute atomic E-state index is 13.5. The van der Waals surface area contributed by atoms with Crippen molar-refractivity contribution in [2.24, 2.45) is 0 Å². The highest BCUT2D eigenvalue weighted by atomic mass is 32.2. The van der Waals surface area contributed by atoms with Crippen molar-refractivity contribution in [3.63, 3.8) is 0 Å². The van der Waals surface area contributed by atoms with E-state index in [2.05, 4.69) is 15.4 Å². The van der Waals surface area contributed by atoms with E-state index in [4.69, 9.17) is 9.47 Å². The maximum atomic E-state index is 13.5. The van der Waals surface area contributed by atoms with Crippen LogP contribution in [0, 0.1) is 0 Å². The summed E-state index contributed by atoms with van der Waals surface area (Å²) in [4.78, 5) is 12.9. The zero-order valence-corrected chi connectivity index (χ0v) is 19.2. The number of methoxy groups -OCH3 is 1. The molecule has 2 N–H and O–H groups in total. The molecule has 0 atom stereocenters. The van der Waals surface area contributed by atoms with Crippen molar-refractivity contribution in [2.45, 2.75) is 28.8 Å². The second kappa shape index (κ2) is 10.6. The van der Waals surface area contributed by atoms with E-state index in [-0.39, 0.29) is 42.4 Å². The molecule has 0 unspecified atom stereocenters. The number of nitrogens with one attached hydrogen (secondary N) is 2. The van der Waals surface area contributed by atoms with Crippen LogP contribution in [0.3, 0.4) is 0 Å². The first-order chi connectivity index (χ1) is 16.1. The second-order valence-corrected chi connectivity index (χ2v) is 9.85. The molecule has 0 saturated carbocycles. The molecule has 0 spiro atoms. The number of amides is 1. The number of ether oxygens (including phenoxy) is 3. The van der Waals surface area contributed by atoms with Crippen LogP contribution in [-0.4, -0.2) is 58.8 Å². The summed E-state index contributed by atoms with van der Waals surface area (Å²) in [6.07, 6.45) is -4.55. The van der Waals surface area contributed by atoms with Crippen molar-refractivity contribution < 1.29 is 40.6 Å². The number of benzene rings is 2. The molecule has 12 heteroatoms. The van der Waals surface area contributed by atoms with Crippen molar-refractivity contribution in [3.05, 3.63) is 48.5 Å². The van der Waals surface area contributed by atoms with Crippen LogP contribution in [0.1, 0.15) is 12.8 Å². The normalized spacial score (nSPS) is 16.0. The lowest BCUT2D eigenvalue weighted by Crippen LogP contribution is -2.57. The largest absolute Gasteiger partial charge is 0.573 e. The minimum absolute atomic E-state index is 0.0300. The van der Waals surface area contributed by atoms with Crippen molar-refractivity contribution in [2.75, 3.05) is 33.4 Å². The van der Waals surface area contributed by atoms with Crippen LogP contribution < -0.4 is 20.1 Å². The third kappa shape index (κ3) is 5.99. The third-order valence-corrected chi connectivity index (χ3v) is 7.87. The van der Waals surface area contributed by atoms with Crippen LogP contribution >= 0.6 is 0 Å². The van der Waals surface area contributed by atoms with Gasteiger partial charge in [-0.1, -0.05) is 0 Å². The monoisotopic (exact) mass is 502 g/mol. The van der Waals surface area contributed by atoms with Gasteiger partial charge in [-0.2, -0.15) is 0 Å². The fourth-order valence-corrected chi connectivity index (χ4v) is 5.64. The molecule has 1 aliphatic rings. The zero-order chi connectivity index (χ0) is 24.8. The predicted octanol–water partition coefficient (Wildman–Crippen LogP) is 3.04. The van der Waals surface area contributed by atoms with Crippen molar-refractivity contribution in [3.8, 4) is 17.2 Å². The smallest absolute Gasteiger partial charge is 0.457 e. The summed E-state index contributed by atoms with van der Waals surface area (Å²) in [5.74, 6) is -0.449. The molecule has 0 aliphatic carbocycles. The molecule has 1 saturated heterocycles. The lowest BCUT2D eigenvalue weighted by atomic mass is 9.96. The molecular weight excluding hydrogens is 477 g/mol. The van der Waals surface area contributed by atoms with E-state index in [0.717, 1.165) is 12.1 Å². The topological polar surface area (TPSA) is 103 Å². The summed E-state index contributed by atoms with van der Waals surface area (Å²) in [7, 11) is -2.56. The Morgan fingerprint density at radius 3 is 2.06 bits per heavy atom. The molecule has 0 aromatic heterocycles. The number of hydrogen-bond donors (Lipinski definition) is 2. The van der Waals surface area contributed by atoms with Gasteiger partial charge in [0.1, 0.15) is 17.2 Å². The minimum Gasteiger partial charge on any atom is -0.457 e. The average Bonchev–Trinajstić information content (AvgIpc) is 2.80. The van der Waals surface area contributed by atoms with Gasteiger partial charge in [-0.15, -0.1) is 13.2 Å². The fraction of sp³-hybridized carbons (Fsp3) is 0.409. The molecule has 1 fully saturated rings. The van der Waals surface area contributed by atoms with Gasteiger partial charge in [-0.25, -0.2) is 8.42 Å². The van der Waals surface area contributed by atoms with E-state index < -0.39 is 32.6 Å². The Morgan fingerprint density at radius 1 is 1.00 bits per heavy atom. The Labute approximate surface area is 195 Å². The van der Waals surface area contributed by atoms with Gasteiger partial charge in [0.05, 0.1) is 11.5 Å². The minimum atomic E-state index is -4.80. The van der Waals surface area contributed by atoms with Crippen molar-refractivity contribution >= 4 is 15.7 Å². The van der Waals surface area contributed by atoms with Crippen molar-refractivity contribution in [1.82, 2.24) is 10.6 Å². The van der Waals surface area contributed by atoms with Gasteiger partial charge >= 0.3 is 6.36 Å². The second-order valence-electron chi connectivity index (χ2n) is 7.59. The van der Waals surface area contributed by atoms with Gasteiger partial charge in [0.2, 0.25) is 5.91 Å². The van der Waals surface area contributed by atoms with Crippen LogP contribution in [0.15, 0.2) is 53.4 Å². The van der Waals surface area contributed by atoms with Crippen LogP contribution in [-0.2, 0) is 19.4 Å². The number of sulfone groups is 1.